The lowest BCUT2D eigenvalue weighted by Gasteiger charge is -2.24. The van der Waals surface area contributed by atoms with Gasteiger partial charge in [-0.1, -0.05) is 31.5 Å². The minimum Gasteiger partial charge on any atom is -0.444 e. The second-order valence-corrected chi connectivity index (χ2v) is 7.00. The van der Waals surface area contributed by atoms with Crippen LogP contribution >= 0.6 is 11.6 Å². The third kappa shape index (κ3) is 7.50. The summed E-state index contributed by atoms with van der Waals surface area (Å²) in [5, 5.41) is 6.53. The summed E-state index contributed by atoms with van der Waals surface area (Å²) in [5.41, 5.74) is -0.486. The fourth-order valence-electron chi connectivity index (χ4n) is 1.81. The van der Waals surface area contributed by atoms with Gasteiger partial charge >= 0.3 is 6.09 Å². The molecular weight excluding hydrogens is 302 g/mol. The van der Waals surface area contributed by atoms with E-state index in [2.05, 4.69) is 29.5 Å². The Labute approximate surface area is 137 Å². The molecule has 0 radical (unpaired) electrons. The second-order valence-electron chi connectivity index (χ2n) is 6.61. The van der Waals surface area contributed by atoms with Crippen LogP contribution in [0.15, 0.2) is 18.2 Å². The average molecular weight is 328 g/mol. The molecule has 0 saturated carbocycles. The number of alkyl carbamates (subject to hydrolysis) is 1. The van der Waals surface area contributed by atoms with Crippen LogP contribution in [0.5, 0.6) is 0 Å². The van der Waals surface area contributed by atoms with E-state index in [-0.39, 0.29) is 12.0 Å². The summed E-state index contributed by atoms with van der Waals surface area (Å²) < 4.78 is 5.25. The van der Waals surface area contributed by atoms with E-state index in [9.17, 15) is 4.79 Å². The maximum Gasteiger partial charge on any atom is 0.407 e. The number of amides is 1. The molecule has 1 aromatic heterocycles. The van der Waals surface area contributed by atoms with Crippen molar-refractivity contribution in [3.8, 4) is 0 Å². The number of halogens is 1. The average Bonchev–Trinajstić information content (AvgIpc) is 2.36. The van der Waals surface area contributed by atoms with Gasteiger partial charge in [-0.3, -0.25) is 0 Å². The second kappa shape index (κ2) is 8.22. The van der Waals surface area contributed by atoms with Gasteiger partial charge in [0.15, 0.2) is 0 Å². The molecule has 22 heavy (non-hydrogen) atoms. The summed E-state index contributed by atoms with van der Waals surface area (Å²) in [5.74, 6) is 1.39. The molecule has 6 heteroatoms. The Morgan fingerprint density at radius 3 is 2.55 bits per heavy atom. The number of carbonyl (C=O) groups is 1. The molecule has 5 nitrogen and oxygen atoms in total. The number of hydrogen-bond acceptors (Lipinski definition) is 4. The number of carbonyl (C=O) groups excluding carboxylic acids is 1. The standard InChI is InChI=1S/C16H26ClN3O2/c1-11(2)12(10-19-15(21)22-16(3,4)5)9-18-14-8-6-7-13(17)20-14/h6-8,11-12H,9-10H2,1-5H3,(H,18,20)(H,19,21). The normalized spacial score (nSPS) is 12.9. The van der Waals surface area contributed by atoms with E-state index in [1.54, 1.807) is 6.07 Å². The van der Waals surface area contributed by atoms with Crippen molar-refractivity contribution in [3.05, 3.63) is 23.4 Å². The summed E-state index contributed by atoms with van der Waals surface area (Å²) in [6.07, 6.45) is -0.390. The van der Waals surface area contributed by atoms with Gasteiger partial charge in [0.2, 0.25) is 0 Å². The van der Waals surface area contributed by atoms with Gasteiger partial charge in [0, 0.05) is 13.1 Å². The van der Waals surface area contributed by atoms with Crippen molar-refractivity contribution in [3.63, 3.8) is 0 Å². The number of hydrogen-bond donors (Lipinski definition) is 2. The fraction of sp³-hybridized carbons (Fsp3) is 0.625. The summed E-state index contributed by atoms with van der Waals surface area (Å²) in [6.45, 7) is 11.0. The van der Waals surface area contributed by atoms with Crippen LogP contribution in [0.2, 0.25) is 5.15 Å². The highest BCUT2D eigenvalue weighted by Gasteiger charge is 2.19. The molecule has 0 saturated heterocycles. The zero-order valence-corrected chi connectivity index (χ0v) is 14.7. The smallest absolute Gasteiger partial charge is 0.407 e. The van der Waals surface area contributed by atoms with Crippen LogP contribution in [-0.4, -0.2) is 29.8 Å². The number of nitrogens with zero attached hydrogens (tertiary/aromatic N) is 1. The first-order valence-corrected chi connectivity index (χ1v) is 7.88. The molecule has 2 N–H and O–H groups in total. The Balaban J connectivity index is 2.47. The lowest BCUT2D eigenvalue weighted by molar-refractivity contribution is 0.0516. The molecule has 0 aliphatic heterocycles. The van der Waals surface area contributed by atoms with E-state index in [1.165, 1.54) is 0 Å². The van der Waals surface area contributed by atoms with Crippen molar-refractivity contribution in [1.29, 1.82) is 0 Å². The van der Waals surface area contributed by atoms with Crippen LogP contribution in [0.1, 0.15) is 34.6 Å². The van der Waals surface area contributed by atoms with Crippen molar-refractivity contribution in [2.24, 2.45) is 11.8 Å². The van der Waals surface area contributed by atoms with Gasteiger partial charge in [-0.2, -0.15) is 0 Å². The minimum atomic E-state index is -0.486. The van der Waals surface area contributed by atoms with E-state index in [0.717, 1.165) is 5.82 Å². The first-order valence-electron chi connectivity index (χ1n) is 7.50. The van der Waals surface area contributed by atoms with Crippen LogP contribution in [0.4, 0.5) is 10.6 Å². The summed E-state index contributed by atoms with van der Waals surface area (Å²) in [4.78, 5) is 15.9. The molecule has 0 fully saturated rings. The zero-order chi connectivity index (χ0) is 16.8. The number of ether oxygens (including phenoxy) is 1. The van der Waals surface area contributed by atoms with Crippen LogP contribution < -0.4 is 10.6 Å². The molecule has 1 heterocycles. The maximum absolute atomic E-state index is 11.7. The molecule has 0 aliphatic carbocycles. The van der Waals surface area contributed by atoms with Crippen molar-refractivity contribution < 1.29 is 9.53 Å². The highest BCUT2D eigenvalue weighted by molar-refractivity contribution is 6.29. The molecule has 0 aliphatic rings. The van der Waals surface area contributed by atoms with Gasteiger partial charge in [0.25, 0.3) is 0 Å². The van der Waals surface area contributed by atoms with Crippen molar-refractivity contribution >= 4 is 23.5 Å². The highest BCUT2D eigenvalue weighted by atomic mass is 35.5. The number of nitrogens with one attached hydrogen (secondary N) is 2. The van der Waals surface area contributed by atoms with Gasteiger partial charge < -0.3 is 15.4 Å². The molecule has 1 aromatic rings. The first-order chi connectivity index (χ1) is 10.2. The minimum absolute atomic E-state index is 0.258. The molecule has 1 atom stereocenters. The van der Waals surface area contributed by atoms with E-state index in [4.69, 9.17) is 16.3 Å². The third-order valence-electron chi connectivity index (χ3n) is 3.11. The zero-order valence-electron chi connectivity index (χ0n) is 13.9. The summed E-state index contributed by atoms with van der Waals surface area (Å²) in [7, 11) is 0. The monoisotopic (exact) mass is 327 g/mol. The molecule has 1 amide bonds. The number of anilines is 1. The molecule has 1 unspecified atom stereocenters. The van der Waals surface area contributed by atoms with Gasteiger partial charge in [0.1, 0.15) is 16.6 Å². The predicted molar refractivity (Wildman–Crippen MR) is 90.3 cm³/mol. The maximum atomic E-state index is 11.7. The quantitative estimate of drug-likeness (QED) is 0.777. The fourth-order valence-corrected chi connectivity index (χ4v) is 1.98. The molecule has 0 bridgehead atoms. The van der Waals surface area contributed by atoms with E-state index >= 15 is 0 Å². The largest absolute Gasteiger partial charge is 0.444 e. The lowest BCUT2D eigenvalue weighted by atomic mass is 9.96. The van der Waals surface area contributed by atoms with Crippen LogP contribution in [0, 0.1) is 11.8 Å². The van der Waals surface area contributed by atoms with Gasteiger partial charge in [-0.25, -0.2) is 9.78 Å². The Morgan fingerprint density at radius 2 is 2.00 bits per heavy atom. The first kappa shape index (κ1) is 18.6. The lowest BCUT2D eigenvalue weighted by Crippen LogP contribution is -2.38. The van der Waals surface area contributed by atoms with Crippen LogP contribution in [0.3, 0.4) is 0 Å². The topological polar surface area (TPSA) is 63.2 Å². The Kier molecular flexibility index (Phi) is 6.94. The molecule has 124 valence electrons. The van der Waals surface area contributed by atoms with Crippen LogP contribution in [0.25, 0.3) is 0 Å². The SMILES string of the molecule is CC(C)C(CNC(=O)OC(C)(C)C)CNc1cccc(Cl)n1. The molecule has 0 spiro atoms. The van der Waals surface area contributed by atoms with E-state index in [0.29, 0.717) is 24.2 Å². The van der Waals surface area contributed by atoms with Crippen molar-refractivity contribution in [2.75, 3.05) is 18.4 Å². The highest BCUT2D eigenvalue weighted by Crippen LogP contribution is 2.14. The molecular formula is C16H26ClN3O2. The summed E-state index contributed by atoms with van der Waals surface area (Å²) >= 11 is 5.86. The van der Waals surface area contributed by atoms with E-state index < -0.39 is 5.60 Å². The summed E-state index contributed by atoms with van der Waals surface area (Å²) in [6, 6.07) is 5.45. The predicted octanol–water partition coefficient (Wildman–Crippen LogP) is 3.94. The number of rotatable bonds is 6. The Hall–Kier alpha value is -1.49. The van der Waals surface area contributed by atoms with Crippen molar-refractivity contribution in [1.82, 2.24) is 10.3 Å². The van der Waals surface area contributed by atoms with Gasteiger partial charge in [-0.05, 0) is 44.7 Å². The van der Waals surface area contributed by atoms with Gasteiger partial charge in [-0.15, -0.1) is 0 Å². The van der Waals surface area contributed by atoms with Gasteiger partial charge in [0.05, 0.1) is 0 Å². The van der Waals surface area contributed by atoms with Crippen LogP contribution in [-0.2, 0) is 4.74 Å². The molecule has 0 aromatic carbocycles. The van der Waals surface area contributed by atoms with Crippen molar-refractivity contribution in [2.45, 2.75) is 40.2 Å². The Bertz CT molecular complexity index is 487. The number of pyridine rings is 1. The molecule has 1 rings (SSSR count). The van der Waals surface area contributed by atoms with E-state index in [1.807, 2.05) is 32.9 Å². The Morgan fingerprint density at radius 1 is 1.32 bits per heavy atom. The number of aromatic nitrogens is 1. The third-order valence-corrected chi connectivity index (χ3v) is 3.32.